The van der Waals surface area contributed by atoms with Crippen molar-refractivity contribution in [3.8, 4) is 0 Å². The van der Waals surface area contributed by atoms with Gasteiger partial charge in [-0.05, 0) is 6.42 Å². The molecule has 0 radical (unpaired) electrons. The van der Waals surface area contributed by atoms with Crippen molar-refractivity contribution in [1.82, 2.24) is 4.90 Å². The Morgan fingerprint density at radius 1 is 0.512 bits per heavy atom. The quantitative estimate of drug-likeness (QED) is 0.0603. The van der Waals surface area contributed by atoms with E-state index in [1.54, 1.807) is 0 Å². The summed E-state index contributed by atoms with van der Waals surface area (Å²) in [5.41, 5.74) is 0. The summed E-state index contributed by atoms with van der Waals surface area (Å²) >= 11 is 0. The number of carbonyl (C=O) groups excluding carboxylic acids is 3. The highest BCUT2D eigenvalue weighted by atomic mass is 16.6. The lowest BCUT2D eigenvalue weighted by atomic mass is 10.1. The van der Waals surface area contributed by atoms with E-state index in [1.807, 2.05) is 0 Å². The molecule has 0 saturated heterocycles. The Balaban J connectivity index is 1.65. The van der Waals surface area contributed by atoms with E-state index in [1.165, 1.54) is 31.4 Å². The normalized spacial score (nSPS) is 13.0. The van der Waals surface area contributed by atoms with E-state index in [0.717, 1.165) is 17.7 Å². The molecule has 0 bridgehead atoms. The molecule has 250 valence electrons. The van der Waals surface area contributed by atoms with Crippen molar-refractivity contribution in [1.29, 1.82) is 0 Å². The third-order valence-corrected chi connectivity index (χ3v) is 5.94. The highest BCUT2D eigenvalue weighted by Crippen LogP contribution is 2.05. The first-order valence-electron chi connectivity index (χ1n) is 15.5. The Morgan fingerprint density at radius 2 is 0.860 bits per heavy atom. The van der Waals surface area contributed by atoms with Gasteiger partial charge in [0, 0.05) is 18.6 Å². The van der Waals surface area contributed by atoms with Gasteiger partial charge >= 0.3 is 5.97 Å². The second kappa shape index (κ2) is 30.1. The molecule has 2 amide bonds. The Morgan fingerprint density at radius 3 is 1.26 bits per heavy atom. The molecule has 13 heteroatoms. The van der Waals surface area contributed by atoms with Gasteiger partial charge in [-0.15, -0.1) is 0 Å². The summed E-state index contributed by atoms with van der Waals surface area (Å²) in [4.78, 5) is 35.5. The van der Waals surface area contributed by atoms with Crippen LogP contribution in [0.3, 0.4) is 0 Å². The van der Waals surface area contributed by atoms with Gasteiger partial charge in [0.15, 0.2) is 0 Å². The van der Waals surface area contributed by atoms with E-state index in [2.05, 4.69) is 6.92 Å². The van der Waals surface area contributed by atoms with Gasteiger partial charge in [-0.1, -0.05) is 32.6 Å². The molecule has 0 fully saturated rings. The summed E-state index contributed by atoms with van der Waals surface area (Å²) in [6.45, 7) is 9.72. The molecule has 0 aromatic heterocycles. The molecule has 43 heavy (non-hydrogen) atoms. The van der Waals surface area contributed by atoms with Crippen LogP contribution in [-0.2, 0) is 57.0 Å². The van der Waals surface area contributed by atoms with Crippen LogP contribution in [0.5, 0.6) is 0 Å². The highest BCUT2D eigenvalue weighted by molar-refractivity contribution is 6.12. The summed E-state index contributed by atoms with van der Waals surface area (Å²) in [6, 6.07) is 0. The van der Waals surface area contributed by atoms with Crippen molar-refractivity contribution in [3.05, 3.63) is 12.2 Å². The number of imide groups is 1. The van der Waals surface area contributed by atoms with E-state index >= 15 is 0 Å². The predicted molar refractivity (Wildman–Crippen MR) is 157 cm³/mol. The molecule has 0 aliphatic carbocycles. The first-order chi connectivity index (χ1) is 21.1. The number of ether oxygens (including phenoxy) is 9. The van der Waals surface area contributed by atoms with Gasteiger partial charge < -0.3 is 42.6 Å². The fourth-order valence-electron chi connectivity index (χ4n) is 3.61. The standard InChI is InChI=1S/C30H53NO12/c1-2-3-4-5-6-7-30(34)43-27-26-42-25-24-41-23-22-40-21-20-39-19-18-38-17-16-37-15-14-36-13-12-35-11-10-31-28(32)8-9-29(31)33/h8-9H,2-7,10-27H2,1H3. The predicted octanol–water partition coefficient (Wildman–Crippen LogP) is 1.95. The van der Waals surface area contributed by atoms with Gasteiger partial charge in [-0.3, -0.25) is 19.3 Å². The molecule has 0 atom stereocenters. The topological polar surface area (TPSA) is 138 Å². The number of esters is 1. The molecular weight excluding hydrogens is 566 g/mol. The number of unbranched alkanes of at least 4 members (excludes halogenated alkanes) is 4. The van der Waals surface area contributed by atoms with E-state index in [0.29, 0.717) is 106 Å². The first kappa shape index (κ1) is 39.1. The molecule has 0 aromatic rings. The van der Waals surface area contributed by atoms with Gasteiger partial charge in [0.05, 0.1) is 112 Å². The number of hydrogen-bond acceptors (Lipinski definition) is 12. The van der Waals surface area contributed by atoms with Crippen LogP contribution in [0, 0.1) is 0 Å². The molecular formula is C30H53NO12. The van der Waals surface area contributed by atoms with Crippen LogP contribution in [0.1, 0.15) is 45.4 Å². The lowest BCUT2D eigenvalue weighted by Crippen LogP contribution is -2.33. The SMILES string of the molecule is CCCCCCCC(=O)OCCOCCOCCOCCOCCOCCOCCOCCOCCN1C(=O)C=CC1=O. The van der Waals surface area contributed by atoms with Gasteiger partial charge in [-0.2, -0.15) is 0 Å². The third kappa shape index (κ3) is 25.1. The molecule has 1 aliphatic heterocycles. The van der Waals surface area contributed by atoms with Crippen LogP contribution >= 0.6 is 0 Å². The van der Waals surface area contributed by atoms with Gasteiger partial charge in [-0.25, -0.2) is 0 Å². The van der Waals surface area contributed by atoms with E-state index in [-0.39, 0.29) is 37.5 Å². The average Bonchev–Trinajstić information content (AvgIpc) is 3.32. The summed E-state index contributed by atoms with van der Waals surface area (Å²) < 4.78 is 48.5. The molecule has 0 N–H and O–H groups in total. The van der Waals surface area contributed by atoms with Gasteiger partial charge in [0.1, 0.15) is 6.61 Å². The van der Waals surface area contributed by atoms with E-state index in [9.17, 15) is 14.4 Å². The number of amides is 2. The number of rotatable bonds is 33. The zero-order valence-electron chi connectivity index (χ0n) is 26.0. The lowest BCUT2D eigenvalue weighted by Gasteiger charge is -2.13. The maximum Gasteiger partial charge on any atom is 0.305 e. The van der Waals surface area contributed by atoms with Crippen molar-refractivity contribution in [2.45, 2.75) is 45.4 Å². The minimum absolute atomic E-state index is 0.154. The Bertz CT molecular complexity index is 703. The molecule has 0 spiro atoms. The van der Waals surface area contributed by atoms with Crippen molar-refractivity contribution >= 4 is 17.8 Å². The van der Waals surface area contributed by atoms with Crippen LogP contribution in [0.15, 0.2) is 12.2 Å². The molecule has 0 aromatic carbocycles. The molecule has 1 aliphatic rings. The van der Waals surface area contributed by atoms with E-state index < -0.39 is 0 Å². The van der Waals surface area contributed by atoms with Gasteiger partial charge in [0.2, 0.25) is 0 Å². The van der Waals surface area contributed by atoms with Crippen LogP contribution < -0.4 is 0 Å². The van der Waals surface area contributed by atoms with E-state index in [4.69, 9.17) is 42.6 Å². The average molecular weight is 620 g/mol. The van der Waals surface area contributed by atoms with Crippen LogP contribution in [0.4, 0.5) is 0 Å². The Kier molecular flexibility index (Phi) is 27.3. The number of carbonyl (C=O) groups is 3. The van der Waals surface area contributed by atoms with Crippen LogP contribution in [0.25, 0.3) is 0 Å². The number of hydrogen-bond donors (Lipinski definition) is 0. The second-order valence-corrected chi connectivity index (χ2v) is 9.45. The first-order valence-corrected chi connectivity index (χ1v) is 15.5. The molecule has 0 unspecified atom stereocenters. The van der Waals surface area contributed by atoms with Gasteiger partial charge in [0.25, 0.3) is 11.8 Å². The molecule has 1 heterocycles. The van der Waals surface area contributed by atoms with Crippen molar-refractivity contribution in [3.63, 3.8) is 0 Å². The van der Waals surface area contributed by atoms with Crippen molar-refractivity contribution < 1.29 is 57.0 Å². The Labute approximate surface area is 256 Å². The summed E-state index contributed by atoms with van der Waals surface area (Å²) in [7, 11) is 0. The number of nitrogens with zero attached hydrogens (tertiary/aromatic N) is 1. The smallest absolute Gasteiger partial charge is 0.305 e. The van der Waals surface area contributed by atoms with Crippen molar-refractivity contribution in [2.24, 2.45) is 0 Å². The largest absolute Gasteiger partial charge is 0.463 e. The highest BCUT2D eigenvalue weighted by Gasteiger charge is 2.22. The fourth-order valence-corrected chi connectivity index (χ4v) is 3.61. The van der Waals surface area contributed by atoms with Crippen molar-refractivity contribution in [2.75, 3.05) is 119 Å². The van der Waals surface area contributed by atoms with Crippen LogP contribution in [0.2, 0.25) is 0 Å². The maximum atomic E-state index is 11.6. The molecule has 1 rings (SSSR count). The maximum absolute atomic E-state index is 11.6. The minimum Gasteiger partial charge on any atom is -0.463 e. The van der Waals surface area contributed by atoms with Crippen LogP contribution in [-0.4, -0.2) is 142 Å². The summed E-state index contributed by atoms with van der Waals surface area (Å²) in [5.74, 6) is -0.769. The monoisotopic (exact) mass is 619 g/mol. The summed E-state index contributed by atoms with van der Waals surface area (Å²) in [6.07, 6.45) is 8.55. The zero-order valence-corrected chi connectivity index (χ0v) is 26.0. The lowest BCUT2D eigenvalue weighted by molar-refractivity contribution is -0.145. The second-order valence-electron chi connectivity index (χ2n) is 9.45. The zero-order chi connectivity index (χ0) is 31.1. The third-order valence-electron chi connectivity index (χ3n) is 5.94. The molecule has 13 nitrogen and oxygen atoms in total. The Hall–Kier alpha value is -1.97. The molecule has 0 saturated carbocycles. The fraction of sp³-hybridized carbons (Fsp3) is 0.833. The minimum atomic E-state index is -0.307. The summed E-state index contributed by atoms with van der Waals surface area (Å²) in [5, 5.41) is 0.